The molecule has 0 radical (unpaired) electrons. The molecule has 0 aromatic heterocycles. The third kappa shape index (κ3) is 5.70. The Kier molecular flexibility index (Phi) is 7.10. The number of carbonyl (C=O) groups is 1. The van der Waals surface area contributed by atoms with Crippen molar-refractivity contribution in [2.45, 2.75) is 38.7 Å². The molecule has 2 heterocycles. The number of nitrogens with one attached hydrogen (secondary N) is 1. The average Bonchev–Trinajstić information content (AvgIpc) is 3.12. The molecule has 2 fully saturated rings. The van der Waals surface area contributed by atoms with Gasteiger partial charge in [-0.15, -0.1) is 0 Å². The molecule has 1 aromatic rings. The number of likely N-dealkylation sites (tertiary alicyclic amines) is 2. The molecule has 2 saturated heterocycles. The minimum absolute atomic E-state index is 0.100. The van der Waals surface area contributed by atoms with Gasteiger partial charge in [0.1, 0.15) is 6.54 Å². The second kappa shape index (κ2) is 9.74. The normalized spacial score (nSPS) is 21.6. The van der Waals surface area contributed by atoms with Gasteiger partial charge in [0.2, 0.25) is 5.91 Å². The molecule has 2 N–H and O–H groups in total. The number of aliphatic imine (C=N–C) groups is 1. The molecule has 6 nitrogen and oxygen atoms in total. The largest absolute Gasteiger partial charge is 0.391 e. The molecule has 1 amide bonds. The first kappa shape index (κ1) is 19.7. The zero-order chi connectivity index (χ0) is 19.1. The minimum Gasteiger partial charge on any atom is -0.391 e. The highest BCUT2D eigenvalue weighted by Crippen LogP contribution is 2.21. The second-order valence-electron chi connectivity index (χ2n) is 7.57. The highest BCUT2D eigenvalue weighted by Gasteiger charge is 2.25. The van der Waals surface area contributed by atoms with E-state index in [4.69, 9.17) is 0 Å². The summed E-state index contributed by atoms with van der Waals surface area (Å²) in [5, 5.41) is 13.0. The Labute approximate surface area is 162 Å². The summed E-state index contributed by atoms with van der Waals surface area (Å²) in [6.07, 6.45) is 3.68. The molecule has 6 heteroatoms. The van der Waals surface area contributed by atoms with E-state index >= 15 is 0 Å². The van der Waals surface area contributed by atoms with Crippen LogP contribution in [-0.4, -0.2) is 72.1 Å². The lowest BCUT2D eigenvalue weighted by molar-refractivity contribution is -0.131. The van der Waals surface area contributed by atoms with Crippen LogP contribution in [0.3, 0.4) is 0 Å². The number of aliphatic hydroxyl groups is 1. The first-order valence-electron chi connectivity index (χ1n) is 10.2. The summed E-state index contributed by atoms with van der Waals surface area (Å²) in [7, 11) is 0. The quantitative estimate of drug-likeness (QED) is 0.607. The van der Waals surface area contributed by atoms with E-state index in [-0.39, 0.29) is 18.6 Å². The van der Waals surface area contributed by atoms with Crippen LogP contribution in [-0.2, 0) is 11.2 Å². The number of rotatable bonds is 5. The van der Waals surface area contributed by atoms with E-state index in [1.165, 1.54) is 5.56 Å². The minimum atomic E-state index is -0.298. The summed E-state index contributed by atoms with van der Waals surface area (Å²) < 4.78 is 0. The maximum atomic E-state index is 12.6. The summed E-state index contributed by atoms with van der Waals surface area (Å²) in [4.78, 5) is 21.1. The van der Waals surface area contributed by atoms with Crippen LogP contribution in [0.5, 0.6) is 0 Å². The van der Waals surface area contributed by atoms with E-state index in [9.17, 15) is 9.90 Å². The van der Waals surface area contributed by atoms with Gasteiger partial charge in [-0.25, -0.2) is 4.99 Å². The van der Waals surface area contributed by atoms with E-state index in [2.05, 4.69) is 40.6 Å². The number of β-amino-alcohol motifs (C(OH)–C–C–N with tert-alkyl or cyclic N) is 1. The zero-order valence-electron chi connectivity index (χ0n) is 16.3. The first-order valence-corrected chi connectivity index (χ1v) is 10.2. The number of hydrogen-bond donors (Lipinski definition) is 2. The van der Waals surface area contributed by atoms with Gasteiger partial charge in [-0.1, -0.05) is 30.3 Å². The van der Waals surface area contributed by atoms with Gasteiger partial charge in [-0.3, -0.25) is 4.79 Å². The Bertz CT molecular complexity index is 626. The first-order chi connectivity index (χ1) is 13.2. The second-order valence-corrected chi connectivity index (χ2v) is 7.57. The number of carbonyl (C=O) groups excluding carboxylic acids is 1. The molecule has 0 unspecified atom stereocenters. The van der Waals surface area contributed by atoms with Gasteiger partial charge in [0.05, 0.1) is 6.10 Å². The average molecular weight is 373 g/mol. The zero-order valence-corrected chi connectivity index (χ0v) is 16.3. The topological polar surface area (TPSA) is 68.2 Å². The van der Waals surface area contributed by atoms with E-state index in [1.54, 1.807) is 0 Å². The molecule has 0 spiro atoms. The summed E-state index contributed by atoms with van der Waals surface area (Å²) >= 11 is 0. The number of nitrogens with zero attached hydrogens (tertiary/aromatic N) is 3. The Morgan fingerprint density at radius 2 is 1.85 bits per heavy atom. The van der Waals surface area contributed by atoms with E-state index < -0.39 is 0 Å². The fourth-order valence-electron chi connectivity index (χ4n) is 3.94. The molecule has 0 bridgehead atoms. The van der Waals surface area contributed by atoms with E-state index in [0.29, 0.717) is 12.5 Å². The van der Waals surface area contributed by atoms with Gasteiger partial charge in [0.25, 0.3) is 0 Å². The summed E-state index contributed by atoms with van der Waals surface area (Å²) in [5.41, 5.74) is 1.38. The number of guanidine groups is 1. The number of piperidine rings is 1. The monoisotopic (exact) mass is 372 g/mol. The van der Waals surface area contributed by atoms with E-state index in [1.807, 2.05) is 16.7 Å². The Morgan fingerprint density at radius 1 is 1.15 bits per heavy atom. The summed E-state index contributed by atoms with van der Waals surface area (Å²) in [6.45, 7) is 5.97. The van der Waals surface area contributed by atoms with Crippen molar-refractivity contribution in [3.05, 3.63) is 35.9 Å². The van der Waals surface area contributed by atoms with Crippen molar-refractivity contribution in [2.75, 3.05) is 39.3 Å². The van der Waals surface area contributed by atoms with E-state index in [0.717, 1.165) is 57.8 Å². The Hall–Kier alpha value is -2.08. The Balaban J connectivity index is 1.47. The van der Waals surface area contributed by atoms with Crippen LogP contribution in [0.4, 0.5) is 0 Å². The fraction of sp³-hybridized carbons (Fsp3) is 0.619. The van der Waals surface area contributed by atoms with Gasteiger partial charge in [0.15, 0.2) is 5.96 Å². The van der Waals surface area contributed by atoms with Gasteiger partial charge >= 0.3 is 0 Å². The lowest BCUT2D eigenvalue weighted by Gasteiger charge is -2.32. The smallest absolute Gasteiger partial charge is 0.244 e. The maximum absolute atomic E-state index is 12.6. The van der Waals surface area contributed by atoms with Gasteiger partial charge in [0, 0.05) is 32.7 Å². The van der Waals surface area contributed by atoms with Crippen LogP contribution in [0.2, 0.25) is 0 Å². The molecule has 2 aliphatic rings. The van der Waals surface area contributed by atoms with Crippen molar-refractivity contribution >= 4 is 11.9 Å². The number of amides is 1. The predicted molar refractivity (Wildman–Crippen MR) is 108 cm³/mol. The molecule has 0 aliphatic carbocycles. The molecule has 3 rings (SSSR count). The van der Waals surface area contributed by atoms with Crippen molar-refractivity contribution in [2.24, 2.45) is 10.9 Å². The third-order valence-electron chi connectivity index (χ3n) is 5.50. The van der Waals surface area contributed by atoms with Gasteiger partial charge < -0.3 is 20.2 Å². The summed E-state index contributed by atoms with van der Waals surface area (Å²) in [6, 6.07) is 10.6. The molecule has 1 atom stereocenters. The lowest BCUT2D eigenvalue weighted by Crippen LogP contribution is -2.43. The molecule has 27 heavy (non-hydrogen) atoms. The van der Waals surface area contributed by atoms with Crippen LogP contribution in [0, 0.1) is 5.92 Å². The highest BCUT2D eigenvalue weighted by molar-refractivity contribution is 5.85. The van der Waals surface area contributed by atoms with Crippen LogP contribution < -0.4 is 5.32 Å². The molecular weight excluding hydrogens is 340 g/mol. The van der Waals surface area contributed by atoms with Crippen LogP contribution >= 0.6 is 0 Å². The van der Waals surface area contributed by atoms with Crippen molar-refractivity contribution in [3.8, 4) is 0 Å². The van der Waals surface area contributed by atoms with Crippen molar-refractivity contribution in [1.29, 1.82) is 0 Å². The highest BCUT2D eigenvalue weighted by atomic mass is 16.3. The summed E-state index contributed by atoms with van der Waals surface area (Å²) in [5.74, 6) is 1.49. The molecule has 2 aliphatic heterocycles. The van der Waals surface area contributed by atoms with Crippen molar-refractivity contribution < 1.29 is 9.90 Å². The fourth-order valence-corrected chi connectivity index (χ4v) is 3.94. The van der Waals surface area contributed by atoms with Crippen molar-refractivity contribution in [3.63, 3.8) is 0 Å². The third-order valence-corrected chi connectivity index (χ3v) is 5.50. The molecular formula is C21H32N4O2. The van der Waals surface area contributed by atoms with Crippen LogP contribution in [0.25, 0.3) is 0 Å². The van der Waals surface area contributed by atoms with Gasteiger partial charge in [-0.05, 0) is 44.1 Å². The number of aliphatic hydroxyl groups excluding tert-OH is 1. The molecule has 1 aromatic carbocycles. The number of hydrogen-bond acceptors (Lipinski definition) is 3. The van der Waals surface area contributed by atoms with Crippen LogP contribution in [0.15, 0.2) is 35.3 Å². The maximum Gasteiger partial charge on any atom is 0.244 e. The van der Waals surface area contributed by atoms with Gasteiger partial charge in [-0.2, -0.15) is 0 Å². The Morgan fingerprint density at radius 3 is 2.48 bits per heavy atom. The predicted octanol–water partition coefficient (Wildman–Crippen LogP) is 1.50. The SMILES string of the molecule is CCNC(=NCC(=O)N1CCC(Cc2ccccc2)CC1)N1CC[C@@H](O)C1. The number of benzene rings is 1. The molecule has 0 saturated carbocycles. The van der Waals surface area contributed by atoms with Crippen LogP contribution in [0.1, 0.15) is 31.7 Å². The lowest BCUT2D eigenvalue weighted by atomic mass is 9.90. The van der Waals surface area contributed by atoms with Crippen molar-refractivity contribution in [1.82, 2.24) is 15.1 Å². The molecule has 148 valence electrons. The standard InChI is InChI=1S/C21H32N4O2/c1-2-22-21(25-13-10-19(26)16-25)23-15-20(27)24-11-8-18(9-12-24)14-17-6-4-3-5-7-17/h3-7,18-19,26H,2,8-16H2,1H3,(H,22,23)/t19-/m1/s1.